The number of carbonyl (C=O) groups excluding carboxylic acids is 1. The topological polar surface area (TPSA) is 55.6 Å². The fourth-order valence-electron chi connectivity index (χ4n) is 1.30. The van der Waals surface area contributed by atoms with Crippen molar-refractivity contribution >= 4 is 5.91 Å². The zero-order valence-corrected chi connectivity index (χ0v) is 10.1. The molecular formula is C12H17FN2O2. The molecule has 0 unspecified atom stereocenters. The number of hydrogen-bond acceptors (Lipinski definition) is 3. The molecule has 0 heterocycles. The predicted molar refractivity (Wildman–Crippen MR) is 63.1 cm³/mol. The van der Waals surface area contributed by atoms with Crippen molar-refractivity contribution in [1.82, 2.24) is 4.90 Å². The van der Waals surface area contributed by atoms with Gasteiger partial charge in [-0.3, -0.25) is 4.79 Å². The van der Waals surface area contributed by atoms with E-state index in [1.807, 2.05) is 0 Å². The summed E-state index contributed by atoms with van der Waals surface area (Å²) in [6.07, 6.45) is 0.265. The zero-order valence-electron chi connectivity index (χ0n) is 10.1. The van der Waals surface area contributed by atoms with E-state index in [9.17, 15) is 9.18 Å². The van der Waals surface area contributed by atoms with Crippen LogP contribution in [0.4, 0.5) is 4.39 Å². The van der Waals surface area contributed by atoms with E-state index in [4.69, 9.17) is 10.5 Å². The minimum absolute atomic E-state index is 0.0274. The Labute approximate surface area is 100 Å². The highest BCUT2D eigenvalue weighted by Crippen LogP contribution is 2.16. The van der Waals surface area contributed by atoms with Gasteiger partial charge in [0.2, 0.25) is 5.91 Å². The molecule has 0 radical (unpaired) electrons. The molecule has 1 aromatic rings. The van der Waals surface area contributed by atoms with E-state index in [1.54, 1.807) is 20.2 Å². The van der Waals surface area contributed by atoms with Gasteiger partial charge in [-0.05, 0) is 17.7 Å². The Bertz CT molecular complexity index is 394. The molecule has 0 atom stereocenters. The smallest absolute Gasteiger partial charge is 0.225 e. The van der Waals surface area contributed by atoms with Crippen LogP contribution in [0.15, 0.2) is 18.2 Å². The van der Waals surface area contributed by atoms with Crippen LogP contribution in [-0.4, -0.2) is 31.5 Å². The number of rotatable bonds is 5. The summed E-state index contributed by atoms with van der Waals surface area (Å²) >= 11 is 0. The summed E-state index contributed by atoms with van der Waals surface area (Å²) in [4.78, 5) is 12.8. The Morgan fingerprint density at radius 2 is 2.12 bits per heavy atom. The average Bonchev–Trinajstić information content (AvgIpc) is 2.27. The van der Waals surface area contributed by atoms with E-state index < -0.39 is 0 Å². The first-order chi connectivity index (χ1) is 8.02. The van der Waals surface area contributed by atoms with Gasteiger partial charge in [0, 0.05) is 26.7 Å². The van der Waals surface area contributed by atoms with Gasteiger partial charge in [-0.25, -0.2) is 4.39 Å². The van der Waals surface area contributed by atoms with Crippen molar-refractivity contribution < 1.29 is 13.9 Å². The second-order valence-electron chi connectivity index (χ2n) is 3.89. The van der Waals surface area contributed by atoms with Crippen LogP contribution < -0.4 is 10.5 Å². The molecule has 1 amide bonds. The highest BCUT2D eigenvalue weighted by atomic mass is 19.1. The lowest BCUT2D eigenvalue weighted by atomic mass is 10.2. The minimum atomic E-state index is -0.387. The van der Waals surface area contributed by atoms with Gasteiger partial charge in [-0.2, -0.15) is 0 Å². The molecule has 1 rings (SSSR count). The Hall–Kier alpha value is -1.62. The fourth-order valence-corrected chi connectivity index (χ4v) is 1.30. The zero-order chi connectivity index (χ0) is 12.8. The van der Waals surface area contributed by atoms with Gasteiger partial charge in [-0.15, -0.1) is 0 Å². The molecule has 17 heavy (non-hydrogen) atoms. The Balaban J connectivity index is 2.52. The maximum absolute atomic E-state index is 13.1. The standard InChI is InChI=1S/C12H17FN2O2/c1-15(2)12(16)3-4-17-11-6-9(8-14)5-10(13)7-11/h5-7H,3-4,8,14H2,1-2H3. The Kier molecular flexibility index (Phi) is 4.90. The number of benzene rings is 1. The molecule has 0 bridgehead atoms. The molecule has 0 aliphatic rings. The molecular weight excluding hydrogens is 223 g/mol. The number of amides is 1. The molecule has 0 aliphatic heterocycles. The van der Waals surface area contributed by atoms with Gasteiger partial charge in [0.25, 0.3) is 0 Å². The molecule has 0 aliphatic carbocycles. The normalized spacial score (nSPS) is 10.1. The maximum atomic E-state index is 13.1. The summed E-state index contributed by atoms with van der Waals surface area (Å²) in [7, 11) is 3.36. The van der Waals surface area contributed by atoms with Crippen LogP contribution >= 0.6 is 0 Å². The van der Waals surface area contributed by atoms with Crippen molar-refractivity contribution in [2.45, 2.75) is 13.0 Å². The third-order valence-corrected chi connectivity index (χ3v) is 2.25. The van der Waals surface area contributed by atoms with Crippen LogP contribution in [0.3, 0.4) is 0 Å². The molecule has 0 spiro atoms. The second kappa shape index (κ2) is 6.20. The molecule has 1 aromatic carbocycles. The first kappa shape index (κ1) is 13.4. The van der Waals surface area contributed by atoms with Crippen LogP contribution in [0.5, 0.6) is 5.75 Å². The summed E-state index contributed by atoms with van der Waals surface area (Å²) in [5.74, 6) is -0.0145. The highest BCUT2D eigenvalue weighted by molar-refractivity contribution is 5.75. The largest absolute Gasteiger partial charge is 0.493 e. The molecule has 0 saturated heterocycles. The summed E-state index contributed by atoms with van der Waals surface area (Å²) < 4.78 is 18.4. The summed E-state index contributed by atoms with van der Waals surface area (Å²) in [6.45, 7) is 0.481. The molecule has 2 N–H and O–H groups in total. The van der Waals surface area contributed by atoms with Crippen molar-refractivity contribution in [1.29, 1.82) is 0 Å². The minimum Gasteiger partial charge on any atom is -0.493 e. The van der Waals surface area contributed by atoms with Gasteiger partial charge in [0.15, 0.2) is 0 Å². The Morgan fingerprint density at radius 1 is 1.41 bits per heavy atom. The lowest BCUT2D eigenvalue weighted by molar-refractivity contribution is -0.129. The first-order valence-electron chi connectivity index (χ1n) is 5.35. The molecule has 5 heteroatoms. The average molecular weight is 240 g/mol. The van der Waals surface area contributed by atoms with Crippen LogP contribution in [0.2, 0.25) is 0 Å². The third-order valence-electron chi connectivity index (χ3n) is 2.25. The van der Waals surface area contributed by atoms with Gasteiger partial charge in [0.1, 0.15) is 11.6 Å². The second-order valence-corrected chi connectivity index (χ2v) is 3.89. The third kappa shape index (κ3) is 4.40. The lowest BCUT2D eigenvalue weighted by Crippen LogP contribution is -2.23. The van der Waals surface area contributed by atoms with Crippen molar-refractivity contribution in [2.24, 2.45) is 5.73 Å². The van der Waals surface area contributed by atoms with E-state index in [1.165, 1.54) is 17.0 Å². The van der Waals surface area contributed by atoms with Crippen LogP contribution in [-0.2, 0) is 11.3 Å². The summed E-state index contributed by atoms with van der Waals surface area (Å²) in [5.41, 5.74) is 6.09. The molecule has 0 saturated carbocycles. The number of nitrogens with two attached hydrogens (primary N) is 1. The van der Waals surface area contributed by atoms with E-state index in [0.717, 1.165) is 0 Å². The van der Waals surface area contributed by atoms with E-state index >= 15 is 0 Å². The van der Waals surface area contributed by atoms with Gasteiger partial charge < -0.3 is 15.4 Å². The van der Waals surface area contributed by atoms with E-state index in [2.05, 4.69) is 0 Å². The quantitative estimate of drug-likeness (QED) is 0.839. The number of nitrogens with zero attached hydrogens (tertiary/aromatic N) is 1. The van der Waals surface area contributed by atoms with Crippen molar-refractivity contribution in [3.63, 3.8) is 0 Å². The highest BCUT2D eigenvalue weighted by Gasteiger charge is 2.05. The maximum Gasteiger partial charge on any atom is 0.225 e. The van der Waals surface area contributed by atoms with Crippen LogP contribution in [0.25, 0.3) is 0 Å². The molecule has 4 nitrogen and oxygen atoms in total. The fraction of sp³-hybridized carbons (Fsp3) is 0.417. The number of ether oxygens (including phenoxy) is 1. The van der Waals surface area contributed by atoms with Crippen molar-refractivity contribution in [3.05, 3.63) is 29.6 Å². The molecule has 94 valence electrons. The van der Waals surface area contributed by atoms with Gasteiger partial charge in [0.05, 0.1) is 13.0 Å². The van der Waals surface area contributed by atoms with Crippen LogP contribution in [0.1, 0.15) is 12.0 Å². The van der Waals surface area contributed by atoms with E-state index in [0.29, 0.717) is 11.3 Å². The monoisotopic (exact) mass is 240 g/mol. The van der Waals surface area contributed by atoms with Gasteiger partial charge in [-0.1, -0.05) is 0 Å². The number of halogens is 1. The van der Waals surface area contributed by atoms with Crippen molar-refractivity contribution in [3.8, 4) is 5.75 Å². The first-order valence-corrected chi connectivity index (χ1v) is 5.35. The summed E-state index contributed by atoms with van der Waals surface area (Å²) in [6, 6.07) is 4.31. The Morgan fingerprint density at radius 3 is 2.71 bits per heavy atom. The summed E-state index contributed by atoms with van der Waals surface area (Å²) in [5, 5.41) is 0. The van der Waals surface area contributed by atoms with E-state index in [-0.39, 0.29) is 31.3 Å². The predicted octanol–water partition coefficient (Wildman–Crippen LogP) is 1.14. The van der Waals surface area contributed by atoms with Gasteiger partial charge >= 0.3 is 0 Å². The SMILES string of the molecule is CN(C)C(=O)CCOc1cc(F)cc(CN)c1. The molecule has 0 fully saturated rings. The van der Waals surface area contributed by atoms with Crippen molar-refractivity contribution in [2.75, 3.05) is 20.7 Å². The number of hydrogen-bond donors (Lipinski definition) is 1. The molecule has 0 aromatic heterocycles. The number of carbonyl (C=O) groups is 1. The lowest BCUT2D eigenvalue weighted by Gasteiger charge is -2.11. The van der Waals surface area contributed by atoms with Crippen LogP contribution in [0, 0.1) is 5.82 Å².